The van der Waals surface area contributed by atoms with Crippen LogP contribution in [0.4, 0.5) is 19.0 Å². The normalized spacial score (nSPS) is 16.5. The van der Waals surface area contributed by atoms with Crippen LogP contribution in [-0.4, -0.2) is 37.2 Å². The van der Waals surface area contributed by atoms with Gasteiger partial charge in [0.2, 0.25) is 0 Å². The number of ether oxygens (including phenoxy) is 1. The number of primary amides is 1. The molecule has 5 nitrogen and oxygen atoms in total. The minimum absolute atomic E-state index is 0.167. The maximum Gasteiger partial charge on any atom is 0.434 e. The summed E-state index contributed by atoms with van der Waals surface area (Å²) in [6.07, 6.45) is -4.72. The SMILES string of the molecule is NC(=O)c1ccc(N2CCOCC2)nc1C(F)(F)F. The molecule has 2 heterocycles. The number of rotatable bonds is 2. The topological polar surface area (TPSA) is 68.5 Å². The van der Waals surface area contributed by atoms with E-state index in [1.807, 2.05) is 0 Å². The van der Waals surface area contributed by atoms with E-state index < -0.39 is 23.3 Å². The first-order valence-electron chi connectivity index (χ1n) is 5.60. The van der Waals surface area contributed by atoms with Gasteiger partial charge in [0.15, 0.2) is 5.69 Å². The minimum atomic E-state index is -4.72. The number of hydrogen-bond donors (Lipinski definition) is 1. The fourth-order valence-electron chi connectivity index (χ4n) is 1.83. The third-order valence-corrected chi connectivity index (χ3v) is 2.75. The standard InChI is InChI=1S/C11H12F3N3O2/c12-11(13,14)9-7(10(15)18)1-2-8(16-9)17-3-5-19-6-4-17/h1-2H,3-6H2,(H2,15,18). The predicted molar refractivity (Wildman–Crippen MR) is 60.8 cm³/mol. The first kappa shape index (κ1) is 13.6. The van der Waals surface area contributed by atoms with Gasteiger partial charge < -0.3 is 15.4 Å². The van der Waals surface area contributed by atoms with Gasteiger partial charge in [-0.05, 0) is 12.1 Å². The van der Waals surface area contributed by atoms with E-state index in [-0.39, 0.29) is 5.82 Å². The van der Waals surface area contributed by atoms with Crippen LogP contribution in [0.25, 0.3) is 0 Å². The lowest BCUT2D eigenvalue weighted by atomic mass is 10.1. The second-order valence-electron chi connectivity index (χ2n) is 4.03. The zero-order valence-electron chi connectivity index (χ0n) is 9.91. The Bertz CT molecular complexity index is 485. The highest BCUT2D eigenvalue weighted by atomic mass is 19.4. The van der Waals surface area contributed by atoms with Crippen molar-refractivity contribution in [2.45, 2.75) is 6.18 Å². The molecule has 1 aliphatic heterocycles. The van der Waals surface area contributed by atoms with Crippen LogP contribution in [0, 0.1) is 0 Å². The van der Waals surface area contributed by atoms with Gasteiger partial charge in [-0.3, -0.25) is 4.79 Å². The van der Waals surface area contributed by atoms with Crippen LogP contribution in [-0.2, 0) is 10.9 Å². The summed E-state index contributed by atoms with van der Waals surface area (Å²) in [4.78, 5) is 16.2. The predicted octanol–water partition coefficient (Wildman–Crippen LogP) is 1.04. The smallest absolute Gasteiger partial charge is 0.378 e. The Kier molecular flexibility index (Phi) is 3.61. The summed E-state index contributed by atoms with van der Waals surface area (Å²) in [5.41, 5.74) is 3.06. The van der Waals surface area contributed by atoms with Gasteiger partial charge in [-0.2, -0.15) is 13.2 Å². The van der Waals surface area contributed by atoms with Crippen molar-refractivity contribution in [2.75, 3.05) is 31.2 Å². The van der Waals surface area contributed by atoms with Crippen LogP contribution in [0.1, 0.15) is 16.1 Å². The lowest BCUT2D eigenvalue weighted by Crippen LogP contribution is -2.37. The molecule has 0 aliphatic carbocycles. The molecule has 0 radical (unpaired) electrons. The summed E-state index contributed by atoms with van der Waals surface area (Å²) in [5, 5.41) is 0. The zero-order chi connectivity index (χ0) is 14.0. The van der Waals surface area contributed by atoms with Crippen LogP contribution in [0.15, 0.2) is 12.1 Å². The van der Waals surface area contributed by atoms with E-state index in [1.165, 1.54) is 6.07 Å². The Hall–Kier alpha value is -1.83. The zero-order valence-corrected chi connectivity index (χ0v) is 9.91. The molecule has 104 valence electrons. The van der Waals surface area contributed by atoms with Crippen molar-refractivity contribution in [2.24, 2.45) is 5.73 Å². The van der Waals surface area contributed by atoms with Crippen molar-refractivity contribution >= 4 is 11.7 Å². The van der Waals surface area contributed by atoms with Gasteiger partial charge >= 0.3 is 6.18 Å². The summed E-state index contributed by atoms with van der Waals surface area (Å²) in [6, 6.07) is 2.42. The Labute approximate surface area is 107 Å². The molecule has 0 aromatic carbocycles. The number of anilines is 1. The van der Waals surface area contributed by atoms with Gasteiger partial charge in [0.1, 0.15) is 5.82 Å². The highest BCUT2D eigenvalue weighted by Gasteiger charge is 2.37. The van der Waals surface area contributed by atoms with E-state index >= 15 is 0 Å². The number of carbonyl (C=O) groups is 1. The Morgan fingerprint density at radius 3 is 2.47 bits per heavy atom. The number of morpholine rings is 1. The van der Waals surface area contributed by atoms with E-state index in [1.54, 1.807) is 4.90 Å². The third-order valence-electron chi connectivity index (χ3n) is 2.75. The summed E-state index contributed by atoms with van der Waals surface area (Å²) in [6.45, 7) is 1.78. The Morgan fingerprint density at radius 2 is 1.95 bits per heavy atom. The molecule has 0 unspecified atom stereocenters. The number of alkyl halides is 3. The molecule has 0 saturated carbocycles. The second kappa shape index (κ2) is 5.04. The van der Waals surface area contributed by atoms with Crippen LogP contribution in [0.2, 0.25) is 0 Å². The average molecular weight is 275 g/mol. The molecule has 8 heteroatoms. The highest BCUT2D eigenvalue weighted by Crippen LogP contribution is 2.32. The first-order valence-corrected chi connectivity index (χ1v) is 5.60. The minimum Gasteiger partial charge on any atom is -0.378 e. The molecule has 1 saturated heterocycles. The largest absolute Gasteiger partial charge is 0.434 e. The Balaban J connectivity index is 2.40. The molecule has 2 rings (SSSR count). The van der Waals surface area contributed by atoms with Crippen molar-refractivity contribution in [3.8, 4) is 0 Å². The fraction of sp³-hybridized carbons (Fsp3) is 0.455. The Morgan fingerprint density at radius 1 is 1.32 bits per heavy atom. The molecule has 1 aromatic rings. The van der Waals surface area contributed by atoms with Crippen molar-refractivity contribution < 1.29 is 22.7 Å². The first-order chi connectivity index (χ1) is 8.89. The van der Waals surface area contributed by atoms with Gasteiger partial charge in [0, 0.05) is 13.1 Å². The third kappa shape index (κ3) is 2.95. The van der Waals surface area contributed by atoms with Crippen molar-refractivity contribution in [1.29, 1.82) is 0 Å². The van der Waals surface area contributed by atoms with Gasteiger partial charge in [0.05, 0.1) is 18.8 Å². The molecule has 2 N–H and O–H groups in total. The molecule has 1 aliphatic rings. The van der Waals surface area contributed by atoms with Gasteiger partial charge in [0.25, 0.3) is 5.91 Å². The van der Waals surface area contributed by atoms with Gasteiger partial charge in [-0.1, -0.05) is 0 Å². The number of amides is 1. The summed E-state index contributed by atoms with van der Waals surface area (Å²) >= 11 is 0. The number of carbonyl (C=O) groups excluding carboxylic acids is 1. The maximum absolute atomic E-state index is 12.8. The number of hydrogen-bond acceptors (Lipinski definition) is 4. The molecular formula is C11H12F3N3O2. The number of aromatic nitrogens is 1. The van der Waals surface area contributed by atoms with E-state index in [9.17, 15) is 18.0 Å². The van der Waals surface area contributed by atoms with Crippen LogP contribution in [0.5, 0.6) is 0 Å². The fourth-order valence-corrected chi connectivity index (χ4v) is 1.83. The number of halogens is 3. The van der Waals surface area contributed by atoms with E-state index in [0.29, 0.717) is 26.3 Å². The number of nitrogens with two attached hydrogens (primary N) is 1. The van der Waals surface area contributed by atoms with Gasteiger partial charge in [-0.25, -0.2) is 4.98 Å². The second-order valence-corrected chi connectivity index (χ2v) is 4.03. The average Bonchev–Trinajstić information content (AvgIpc) is 2.38. The molecule has 1 aromatic heterocycles. The quantitative estimate of drug-likeness (QED) is 0.875. The van der Waals surface area contributed by atoms with E-state index in [0.717, 1.165) is 6.07 Å². The van der Waals surface area contributed by atoms with Gasteiger partial charge in [-0.15, -0.1) is 0 Å². The molecule has 1 fully saturated rings. The van der Waals surface area contributed by atoms with Crippen LogP contribution < -0.4 is 10.6 Å². The summed E-state index contributed by atoms with van der Waals surface area (Å²) in [7, 11) is 0. The summed E-state index contributed by atoms with van der Waals surface area (Å²) in [5.74, 6) is -0.978. The monoisotopic (exact) mass is 275 g/mol. The van der Waals surface area contributed by atoms with Crippen LogP contribution >= 0.6 is 0 Å². The summed E-state index contributed by atoms with van der Waals surface area (Å²) < 4.78 is 43.6. The highest BCUT2D eigenvalue weighted by molar-refractivity contribution is 5.94. The van der Waals surface area contributed by atoms with Crippen LogP contribution in [0.3, 0.4) is 0 Å². The number of pyridine rings is 1. The molecule has 19 heavy (non-hydrogen) atoms. The molecule has 0 bridgehead atoms. The van der Waals surface area contributed by atoms with Crippen molar-refractivity contribution in [1.82, 2.24) is 4.98 Å². The maximum atomic E-state index is 12.8. The van der Waals surface area contributed by atoms with Crippen molar-refractivity contribution in [3.05, 3.63) is 23.4 Å². The molecule has 0 spiro atoms. The van der Waals surface area contributed by atoms with E-state index in [4.69, 9.17) is 10.5 Å². The lowest BCUT2D eigenvalue weighted by molar-refractivity contribution is -0.141. The van der Waals surface area contributed by atoms with E-state index in [2.05, 4.69) is 4.98 Å². The molecule has 0 atom stereocenters. The molecule has 1 amide bonds. The van der Waals surface area contributed by atoms with Crippen molar-refractivity contribution in [3.63, 3.8) is 0 Å². The number of nitrogens with zero attached hydrogens (tertiary/aromatic N) is 2. The lowest BCUT2D eigenvalue weighted by Gasteiger charge is -2.28. The molecular weight excluding hydrogens is 263 g/mol.